The average molecular weight is 321 g/mol. The van der Waals surface area contributed by atoms with E-state index in [-0.39, 0.29) is 0 Å². The Kier molecular flexibility index (Phi) is 3.59. The summed E-state index contributed by atoms with van der Waals surface area (Å²) in [6.07, 6.45) is 1.81. The van der Waals surface area contributed by atoms with E-state index in [0.717, 1.165) is 33.3 Å². The number of fused-ring (bicyclic) bond motifs is 1. The minimum absolute atomic E-state index is 0.740. The second kappa shape index (κ2) is 5.89. The Morgan fingerprint density at radius 1 is 1.00 bits per heavy atom. The van der Waals surface area contributed by atoms with Crippen LogP contribution < -0.4 is 0 Å². The molecule has 23 heavy (non-hydrogen) atoms. The highest BCUT2D eigenvalue weighted by atomic mass is 32.2. The van der Waals surface area contributed by atoms with E-state index in [9.17, 15) is 0 Å². The van der Waals surface area contributed by atoms with Crippen LogP contribution in [0, 0.1) is 0 Å². The fraction of sp³-hybridized carbons (Fsp3) is 0.118. The van der Waals surface area contributed by atoms with E-state index in [0.29, 0.717) is 0 Å². The third-order valence-corrected chi connectivity index (χ3v) is 4.69. The molecule has 5 nitrogen and oxygen atoms in total. The number of hydrogen-bond donors (Lipinski definition) is 0. The van der Waals surface area contributed by atoms with Gasteiger partial charge in [0.25, 0.3) is 0 Å². The van der Waals surface area contributed by atoms with Gasteiger partial charge in [-0.05, 0) is 24.3 Å². The molecule has 2 heterocycles. The van der Waals surface area contributed by atoms with Crippen molar-refractivity contribution in [1.29, 1.82) is 0 Å². The van der Waals surface area contributed by atoms with Gasteiger partial charge in [0.15, 0.2) is 5.16 Å². The molecule has 2 aromatic carbocycles. The van der Waals surface area contributed by atoms with Crippen molar-refractivity contribution in [2.45, 2.75) is 10.9 Å². The molecule has 0 amide bonds. The second-order valence-electron chi connectivity index (χ2n) is 5.19. The Balaban J connectivity index is 1.53. The summed E-state index contributed by atoms with van der Waals surface area (Å²) in [5.41, 5.74) is 4.06. The van der Waals surface area contributed by atoms with E-state index in [4.69, 9.17) is 0 Å². The van der Waals surface area contributed by atoms with Gasteiger partial charge in [-0.3, -0.25) is 0 Å². The van der Waals surface area contributed by atoms with Gasteiger partial charge < -0.3 is 4.57 Å². The first-order chi connectivity index (χ1) is 11.3. The van der Waals surface area contributed by atoms with Gasteiger partial charge in [0.2, 0.25) is 0 Å². The molecule has 0 saturated carbocycles. The average Bonchev–Trinajstić information content (AvgIpc) is 3.19. The summed E-state index contributed by atoms with van der Waals surface area (Å²) in [6.45, 7) is 0. The maximum atomic E-state index is 4.66. The van der Waals surface area contributed by atoms with Crippen molar-refractivity contribution in [3.63, 3.8) is 0 Å². The number of para-hydroxylation sites is 3. The van der Waals surface area contributed by atoms with Gasteiger partial charge in [0.05, 0.1) is 28.6 Å². The molecule has 6 heteroatoms. The Hall–Kier alpha value is -2.60. The maximum Gasteiger partial charge on any atom is 0.169 e. The number of benzene rings is 2. The highest BCUT2D eigenvalue weighted by molar-refractivity contribution is 7.98. The Morgan fingerprint density at radius 3 is 2.61 bits per heavy atom. The molecular weight excluding hydrogens is 306 g/mol. The van der Waals surface area contributed by atoms with E-state index in [2.05, 4.69) is 25.8 Å². The summed E-state index contributed by atoms with van der Waals surface area (Å²) in [6, 6.07) is 18.1. The first-order valence-electron chi connectivity index (χ1n) is 7.32. The Labute approximate surface area is 138 Å². The summed E-state index contributed by atoms with van der Waals surface area (Å²) in [5.74, 6) is 0.740. The van der Waals surface area contributed by atoms with Crippen molar-refractivity contribution in [3.05, 3.63) is 66.5 Å². The minimum atomic E-state index is 0.740. The van der Waals surface area contributed by atoms with Gasteiger partial charge in [-0.2, -0.15) is 15.0 Å². The molecule has 0 aliphatic heterocycles. The zero-order chi connectivity index (χ0) is 15.6. The summed E-state index contributed by atoms with van der Waals surface area (Å²) < 4.78 is 2.11. The summed E-state index contributed by atoms with van der Waals surface area (Å²) in [5, 5.41) is 9.84. The third kappa shape index (κ3) is 2.73. The van der Waals surface area contributed by atoms with Crippen LogP contribution >= 0.6 is 11.8 Å². The molecule has 114 valence electrons. The topological polar surface area (TPSA) is 48.5 Å². The molecule has 0 radical (unpaired) electrons. The van der Waals surface area contributed by atoms with E-state index < -0.39 is 0 Å². The molecule has 4 aromatic rings. The molecule has 0 spiro atoms. The lowest BCUT2D eigenvalue weighted by Gasteiger charge is -2.00. The number of aryl methyl sites for hydroxylation is 1. The molecule has 0 bridgehead atoms. The van der Waals surface area contributed by atoms with Crippen LogP contribution in [0.25, 0.3) is 16.7 Å². The minimum Gasteiger partial charge on any atom is -0.322 e. The van der Waals surface area contributed by atoms with Gasteiger partial charge in [-0.1, -0.05) is 42.1 Å². The van der Waals surface area contributed by atoms with Crippen LogP contribution in [0.2, 0.25) is 0 Å². The summed E-state index contributed by atoms with van der Waals surface area (Å²) >= 11 is 1.67. The lowest BCUT2D eigenvalue weighted by atomic mass is 10.3. The molecular formula is C17H15N5S. The highest BCUT2D eigenvalue weighted by Crippen LogP contribution is 2.25. The van der Waals surface area contributed by atoms with Crippen molar-refractivity contribution in [2.24, 2.45) is 7.05 Å². The van der Waals surface area contributed by atoms with Crippen molar-refractivity contribution >= 4 is 22.8 Å². The van der Waals surface area contributed by atoms with Gasteiger partial charge in [-0.25, -0.2) is 4.98 Å². The predicted octanol–water partition coefficient (Wildman–Crippen LogP) is 3.45. The summed E-state index contributed by atoms with van der Waals surface area (Å²) in [4.78, 5) is 6.32. The van der Waals surface area contributed by atoms with E-state index in [1.807, 2.05) is 61.8 Å². The standard InChI is InChI=1S/C17H15N5S/c1-21-16-10-6-5-9-15(16)19-17(21)23-12-13-11-18-22(20-13)14-7-3-2-4-8-14/h2-11H,12H2,1H3. The van der Waals surface area contributed by atoms with Crippen LogP contribution in [0.3, 0.4) is 0 Å². The number of nitrogens with zero attached hydrogens (tertiary/aromatic N) is 5. The van der Waals surface area contributed by atoms with Crippen LogP contribution in [0.1, 0.15) is 5.69 Å². The number of rotatable bonds is 4. The molecule has 0 unspecified atom stereocenters. The summed E-state index contributed by atoms with van der Waals surface area (Å²) in [7, 11) is 2.04. The molecule has 2 aromatic heterocycles. The van der Waals surface area contributed by atoms with Gasteiger partial charge in [0, 0.05) is 12.8 Å². The van der Waals surface area contributed by atoms with Crippen molar-refractivity contribution in [2.75, 3.05) is 0 Å². The van der Waals surface area contributed by atoms with E-state index in [1.54, 1.807) is 16.6 Å². The smallest absolute Gasteiger partial charge is 0.169 e. The Morgan fingerprint density at radius 2 is 1.78 bits per heavy atom. The normalized spacial score (nSPS) is 11.2. The molecule has 0 atom stereocenters. The quantitative estimate of drug-likeness (QED) is 0.540. The van der Waals surface area contributed by atoms with Crippen LogP contribution in [0.4, 0.5) is 0 Å². The zero-order valence-electron chi connectivity index (χ0n) is 12.6. The largest absolute Gasteiger partial charge is 0.322 e. The van der Waals surface area contributed by atoms with Crippen molar-refractivity contribution in [3.8, 4) is 5.69 Å². The van der Waals surface area contributed by atoms with Gasteiger partial charge in [-0.15, -0.1) is 0 Å². The first kappa shape index (κ1) is 14.0. The second-order valence-corrected chi connectivity index (χ2v) is 6.13. The fourth-order valence-electron chi connectivity index (χ4n) is 2.44. The molecule has 0 fully saturated rings. The van der Waals surface area contributed by atoms with Crippen LogP contribution in [0.15, 0.2) is 66.0 Å². The number of hydrogen-bond acceptors (Lipinski definition) is 4. The fourth-order valence-corrected chi connectivity index (χ4v) is 3.30. The van der Waals surface area contributed by atoms with Crippen LogP contribution in [0.5, 0.6) is 0 Å². The lowest BCUT2D eigenvalue weighted by molar-refractivity contribution is 0.744. The number of thioether (sulfide) groups is 1. The highest BCUT2D eigenvalue weighted by Gasteiger charge is 2.09. The lowest BCUT2D eigenvalue weighted by Crippen LogP contribution is -1.98. The molecule has 0 saturated heterocycles. The first-order valence-corrected chi connectivity index (χ1v) is 8.31. The third-order valence-electron chi connectivity index (χ3n) is 3.62. The number of imidazole rings is 1. The monoisotopic (exact) mass is 321 g/mol. The SMILES string of the molecule is Cn1c(SCc2cnn(-c3ccccc3)n2)nc2ccccc21. The van der Waals surface area contributed by atoms with Crippen LogP contribution in [-0.2, 0) is 12.8 Å². The Bertz CT molecular complexity index is 942. The molecule has 4 rings (SSSR count). The zero-order valence-corrected chi connectivity index (χ0v) is 13.4. The van der Waals surface area contributed by atoms with E-state index in [1.165, 1.54) is 0 Å². The van der Waals surface area contributed by atoms with Crippen molar-refractivity contribution < 1.29 is 0 Å². The molecule has 0 aliphatic rings. The van der Waals surface area contributed by atoms with Crippen molar-refractivity contribution in [1.82, 2.24) is 24.5 Å². The number of aromatic nitrogens is 5. The molecule has 0 N–H and O–H groups in total. The molecule has 0 aliphatic carbocycles. The van der Waals surface area contributed by atoms with E-state index >= 15 is 0 Å². The van der Waals surface area contributed by atoms with Gasteiger partial charge >= 0.3 is 0 Å². The van der Waals surface area contributed by atoms with Crippen LogP contribution in [-0.4, -0.2) is 24.5 Å². The van der Waals surface area contributed by atoms with Gasteiger partial charge in [0.1, 0.15) is 0 Å². The predicted molar refractivity (Wildman–Crippen MR) is 91.6 cm³/mol. The maximum absolute atomic E-state index is 4.66.